The van der Waals surface area contributed by atoms with Gasteiger partial charge in [0.2, 0.25) is 0 Å². The van der Waals surface area contributed by atoms with Crippen LogP contribution < -0.4 is 0 Å². The topological polar surface area (TPSA) is 26.3 Å². The predicted molar refractivity (Wildman–Crippen MR) is 102 cm³/mol. The van der Waals surface area contributed by atoms with E-state index in [0.29, 0.717) is 11.1 Å². The third-order valence-corrected chi connectivity index (χ3v) is 5.72. The lowest BCUT2D eigenvalue weighted by Gasteiger charge is -2.30. The van der Waals surface area contributed by atoms with Crippen molar-refractivity contribution in [2.75, 3.05) is 0 Å². The van der Waals surface area contributed by atoms with Crippen LogP contribution in [-0.2, 0) is 15.1 Å². The fraction of sp³-hybridized carbons (Fsp3) is 0.136. The third-order valence-electron chi connectivity index (χ3n) is 4.70. The Hall–Kier alpha value is -2.86. The van der Waals surface area contributed by atoms with Gasteiger partial charge in [-0.15, -0.1) is 11.3 Å². The van der Waals surface area contributed by atoms with Gasteiger partial charge in [0.1, 0.15) is 5.76 Å². The minimum atomic E-state index is -4.97. The highest BCUT2D eigenvalue weighted by molar-refractivity contribution is 7.10. The quantitative estimate of drug-likeness (QED) is 0.541. The highest BCUT2D eigenvalue weighted by Crippen LogP contribution is 2.52. The first kappa shape index (κ1) is 18.5. The monoisotopic (exact) mass is 400 g/mol. The summed E-state index contributed by atoms with van der Waals surface area (Å²) in [5, 5.41) is 1.84. The van der Waals surface area contributed by atoms with E-state index >= 15 is 0 Å². The molecule has 0 amide bonds. The van der Waals surface area contributed by atoms with Crippen molar-refractivity contribution in [1.29, 1.82) is 0 Å². The van der Waals surface area contributed by atoms with Gasteiger partial charge in [0, 0.05) is 17.5 Å². The molecule has 142 valence electrons. The molecule has 2 heterocycles. The fourth-order valence-corrected chi connectivity index (χ4v) is 4.32. The molecule has 1 atom stereocenters. The van der Waals surface area contributed by atoms with E-state index in [1.807, 2.05) is 35.7 Å². The average Bonchev–Trinajstić information content (AvgIpc) is 3.37. The van der Waals surface area contributed by atoms with E-state index in [2.05, 4.69) is 0 Å². The Morgan fingerprint density at radius 3 is 2.14 bits per heavy atom. The summed E-state index contributed by atoms with van der Waals surface area (Å²) in [4.78, 5) is 13.0. The fourth-order valence-electron chi connectivity index (χ4n) is 3.43. The number of thiophene rings is 1. The zero-order valence-electron chi connectivity index (χ0n) is 14.6. The first-order valence-electron chi connectivity index (χ1n) is 8.60. The summed E-state index contributed by atoms with van der Waals surface area (Å²) in [5.41, 5.74) is -0.368. The maximum atomic E-state index is 13.4. The Balaban J connectivity index is 1.90. The van der Waals surface area contributed by atoms with Gasteiger partial charge in [0.15, 0.2) is 5.60 Å². The van der Waals surface area contributed by atoms with E-state index in [1.165, 1.54) is 11.3 Å². The van der Waals surface area contributed by atoms with Gasteiger partial charge in [-0.1, -0.05) is 66.7 Å². The summed E-state index contributed by atoms with van der Waals surface area (Å²) in [6.07, 6.45) is -5.15. The van der Waals surface area contributed by atoms with Gasteiger partial charge >= 0.3 is 6.18 Å². The highest BCUT2D eigenvalue weighted by Gasteiger charge is 2.52. The number of hydrogen-bond donors (Lipinski definition) is 0. The lowest BCUT2D eigenvalue weighted by Crippen LogP contribution is -2.29. The molecule has 0 bridgehead atoms. The molecule has 4 rings (SSSR count). The smallest absolute Gasteiger partial charge is 0.454 e. The zero-order chi connectivity index (χ0) is 19.8. The normalized spacial score (nSPS) is 19.5. The van der Waals surface area contributed by atoms with E-state index < -0.39 is 17.6 Å². The number of halogens is 3. The number of hydrogen-bond acceptors (Lipinski definition) is 3. The first-order valence-corrected chi connectivity index (χ1v) is 9.48. The van der Waals surface area contributed by atoms with Gasteiger partial charge in [-0.3, -0.25) is 4.79 Å². The average molecular weight is 400 g/mol. The molecule has 0 saturated heterocycles. The second kappa shape index (κ2) is 6.95. The second-order valence-corrected chi connectivity index (χ2v) is 7.40. The molecular formula is C22H15F3O2S. The first-order chi connectivity index (χ1) is 13.4. The summed E-state index contributed by atoms with van der Waals surface area (Å²) >= 11 is 1.39. The number of carbonyl (C=O) groups is 1. The number of rotatable bonds is 4. The van der Waals surface area contributed by atoms with Gasteiger partial charge in [0.25, 0.3) is 5.78 Å². The summed E-state index contributed by atoms with van der Waals surface area (Å²) in [5.74, 6) is -1.87. The van der Waals surface area contributed by atoms with Crippen molar-refractivity contribution in [2.24, 2.45) is 0 Å². The molecule has 0 radical (unpaired) electrons. The van der Waals surface area contributed by atoms with Gasteiger partial charge < -0.3 is 4.74 Å². The Kier molecular flexibility index (Phi) is 4.59. The van der Waals surface area contributed by atoms with Crippen molar-refractivity contribution >= 4 is 22.9 Å². The number of ether oxygens (including phenoxy) is 1. The van der Waals surface area contributed by atoms with Gasteiger partial charge in [-0.2, -0.15) is 13.2 Å². The number of carbonyl (C=O) groups excluding carboxylic acids is 1. The van der Waals surface area contributed by atoms with Crippen molar-refractivity contribution in [3.8, 4) is 0 Å². The van der Waals surface area contributed by atoms with Crippen LogP contribution in [0.1, 0.15) is 22.4 Å². The lowest BCUT2D eigenvalue weighted by atomic mass is 9.86. The molecule has 0 saturated carbocycles. The van der Waals surface area contributed by atoms with Gasteiger partial charge in [-0.25, -0.2) is 0 Å². The largest absolute Gasteiger partial charge is 0.476 e. The van der Waals surface area contributed by atoms with E-state index in [4.69, 9.17) is 4.74 Å². The Morgan fingerprint density at radius 2 is 1.57 bits per heavy atom. The van der Waals surface area contributed by atoms with E-state index in [0.717, 1.165) is 4.88 Å². The molecule has 1 unspecified atom stereocenters. The zero-order valence-corrected chi connectivity index (χ0v) is 15.4. The predicted octanol–water partition coefficient (Wildman–Crippen LogP) is 5.95. The molecule has 2 aromatic carbocycles. The molecule has 6 heteroatoms. The van der Waals surface area contributed by atoms with Gasteiger partial charge in [0.05, 0.1) is 10.5 Å². The van der Waals surface area contributed by atoms with E-state index in [9.17, 15) is 18.0 Å². The number of ketones is 1. The number of Topliss-reactive ketones (excluding diaryl/α,β-unsaturated/α-hetero) is 1. The van der Waals surface area contributed by atoms with Crippen molar-refractivity contribution < 1.29 is 22.7 Å². The molecule has 2 nitrogen and oxygen atoms in total. The number of alkyl halides is 3. The summed E-state index contributed by atoms with van der Waals surface area (Å²) < 4.78 is 46.3. The molecule has 1 aromatic heterocycles. The minimum Gasteiger partial charge on any atom is -0.476 e. The maximum absolute atomic E-state index is 13.4. The summed E-state index contributed by atoms with van der Waals surface area (Å²) in [6.45, 7) is 0. The van der Waals surface area contributed by atoms with Crippen molar-refractivity contribution in [1.82, 2.24) is 0 Å². The van der Waals surface area contributed by atoms with Crippen LogP contribution in [0.3, 0.4) is 0 Å². The van der Waals surface area contributed by atoms with Crippen LogP contribution in [0.25, 0.3) is 5.76 Å². The molecule has 0 N–H and O–H groups in total. The van der Waals surface area contributed by atoms with Crippen LogP contribution >= 0.6 is 11.3 Å². The minimum absolute atomic E-state index is 0.0137. The highest BCUT2D eigenvalue weighted by atomic mass is 32.1. The molecule has 0 spiro atoms. The van der Waals surface area contributed by atoms with Crippen molar-refractivity contribution in [3.05, 3.63) is 99.8 Å². The van der Waals surface area contributed by atoms with Crippen LogP contribution in [0.4, 0.5) is 13.2 Å². The molecule has 1 aliphatic rings. The van der Waals surface area contributed by atoms with Crippen molar-refractivity contribution in [2.45, 2.75) is 18.2 Å². The van der Waals surface area contributed by atoms with Crippen molar-refractivity contribution in [3.63, 3.8) is 0 Å². The molecule has 0 fully saturated rings. The maximum Gasteiger partial charge on any atom is 0.454 e. The lowest BCUT2D eigenvalue weighted by molar-refractivity contribution is -0.166. The molecule has 28 heavy (non-hydrogen) atoms. The standard InChI is InChI=1S/C22H15F3O2S/c23-22(24,25)20(26)17-14-21(18-12-7-13-28-18,16-10-5-2-6-11-16)27-19(17)15-8-3-1-4-9-15/h1-13H,14H2. The van der Waals surface area contributed by atoms with Crippen LogP contribution in [0.5, 0.6) is 0 Å². The van der Waals surface area contributed by atoms with Gasteiger partial charge in [-0.05, 0) is 11.4 Å². The molecule has 0 aliphatic carbocycles. The van der Waals surface area contributed by atoms with Crippen LogP contribution in [-0.4, -0.2) is 12.0 Å². The third kappa shape index (κ3) is 3.14. The van der Waals surface area contributed by atoms with Crippen LogP contribution in [0.2, 0.25) is 0 Å². The summed E-state index contributed by atoms with van der Waals surface area (Å²) in [7, 11) is 0. The van der Waals surface area contributed by atoms with E-state index in [1.54, 1.807) is 42.5 Å². The summed E-state index contributed by atoms with van der Waals surface area (Å²) in [6, 6.07) is 21.2. The van der Waals surface area contributed by atoms with E-state index in [-0.39, 0.29) is 17.8 Å². The molecular weight excluding hydrogens is 385 g/mol. The Labute approximate surface area is 163 Å². The van der Waals surface area contributed by atoms with Crippen LogP contribution in [0, 0.1) is 0 Å². The SMILES string of the molecule is O=C(C1=C(c2ccccc2)OC(c2ccccc2)(c2cccs2)C1)C(F)(F)F. The Morgan fingerprint density at radius 1 is 0.929 bits per heavy atom. The second-order valence-electron chi connectivity index (χ2n) is 6.45. The number of benzene rings is 2. The molecule has 3 aromatic rings. The van der Waals surface area contributed by atoms with Crippen LogP contribution in [0.15, 0.2) is 83.7 Å². The Bertz CT molecular complexity index is 1010. The molecule has 1 aliphatic heterocycles.